The van der Waals surface area contributed by atoms with Crippen LogP contribution < -0.4 is 5.32 Å². The normalized spacial score (nSPS) is 24.2. The number of rotatable bonds is 6. The summed E-state index contributed by atoms with van der Waals surface area (Å²) in [6, 6.07) is 6.04. The smallest absolute Gasteiger partial charge is 0.183 e. The Morgan fingerprint density at radius 2 is 1.78 bits per heavy atom. The number of benzene rings is 1. The zero-order chi connectivity index (χ0) is 17.3. The van der Waals surface area contributed by atoms with E-state index in [0.29, 0.717) is 12.5 Å². The molecule has 0 radical (unpaired) electrons. The zero-order valence-electron chi connectivity index (χ0n) is 13.8. The maximum absolute atomic E-state index is 12.8. The first-order valence-electron chi connectivity index (χ1n) is 7.86. The van der Waals surface area contributed by atoms with E-state index < -0.39 is 31.0 Å². The second kappa shape index (κ2) is 6.91. The van der Waals surface area contributed by atoms with Crippen molar-refractivity contribution >= 4 is 19.7 Å². The molecule has 1 aliphatic rings. The molecule has 0 aromatic heterocycles. The molecule has 0 bridgehead atoms. The molecule has 1 heterocycles. The van der Waals surface area contributed by atoms with Gasteiger partial charge in [-0.2, -0.15) is 0 Å². The molecule has 1 aliphatic heterocycles. The fraction of sp³-hybridized carbons (Fsp3) is 0.625. The molecule has 23 heavy (non-hydrogen) atoms. The Kier molecular flexibility index (Phi) is 5.53. The van der Waals surface area contributed by atoms with Gasteiger partial charge < -0.3 is 5.32 Å². The Labute approximate surface area is 139 Å². The van der Waals surface area contributed by atoms with Gasteiger partial charge in [-0.05, 0) is 37.9 Å². The monoisotopic (exact) mass is 359 g/mol. The minimum absolute atomic E-state index is 0.110. The molecular weight excluding hydrogens is 334 g/mol. The lowest BCUT2D eigenvalue weighted by atomic mass is 10.1. The van der Waals surface area contributed by atoms with Crippen LogP contribution in [0.25, 0.3) is 0 Å². The zero-order valence-corrected chi connectivity index (χ0v) is 15.5. The number of nitrogens with one attached hydrogen (secondary N) is 1. The number of sulfone groups is 2. The summed E-state index contributed by atoms with van der Waals surface area (Å²) in [5.41, 5.74) is 0.967. The second-order valence-corrected chi connectivity index (χ2v) is 11.0. The summed E-state index contributed by atoms with van der Waals surface area (Å²) < 4.78 is 49.6. The molecule has 1 fully saturated rings. The minimum atomic E-state index is -3.67. The van der Waals surface area contributed by atoms with E-state index in [1.807, 2.05) is 6.92 Å². The van der Waals surface area contributed by atoms with Crippen molar-refractivity contribution in [3.63, 3.8) is 0 Å². The van der Waals surface area contributed by atoms with E-state index in [9.17, 15) is 16.8 Å². The van der Waals surface area contributed by atoms with Crippen molar-refractivity contribution in [2.75, 3.05) is 18.1 Å². The lowest BCUT2D eigenvalue weighted by Crippen LogP contribution is -2.43. The third kappa shape index (κ3) is 4.55. The molecule has 0 saturated carbocycles. The minimum Gasteiger partial charge on any atom is -0.312 e. The third-order valence-corrected chi connectivity index (χ3v) is 8.34. The Hall–Kier alpha value is -0.920. The fourth-order valence-corrected chi connectivity index (χ4v) is 7.49. The predicted octanol–water partition coefficient (Wildman–Crippen LogP) is 1.57. The summed E-state index contributed by atoms with van der Waals surface area (Å²) in [5, 5.41) is 2.23. The van der Waals surface area contributed by atoms with Crippen LogP contribution in [0, 0.1) is 12.8 Å². The van der Waals surface area contributed by atoms with Crippen molar-refractivity contribution in [2.24, 2.45) is 5.92 Å². The Morgan fingerprint density at radius 1 is 1.17 bits per heavy atom. The van der Waals surface area contributed by atoms with E-state index in [1.165, 1.54) is 0 Å². The molecule has 1 aromatic carbocycles. The molecule has 130 valence electrons. The number of aryl methyl sites for hydroxylation is 1. The highest BCUT2D eigenvalue weighted by atomic mass is 32.2. The molecule has 0 spiro atoms. The molecule has 1 aromatic rings. The first-order chi connectivity index (χ1) is 10.6. The van der Waals surface area contributed by atoms with E-state index in [-0.39, 0.29) is 16.4 Å². The van der Waals surface area contributed by atoms with Crippen LogP contribution in [-0.2, 0) is 19.7 Å². The van der Waals surface area contributed by atoms with Crippen LogP contribution in [0.2, 0.25) is 0 Å². The van der Waals surface area contributed by atoms with Gasteiger partial charge in [-0.15, -0.1) is 0 Å². The molecule has 0 amide bonds. The van der Waals surface area contributed by atoms with Gasteiger partial charge in [0.05, 0.1) is 21.7 Å². The summed E-state index contributed by atoms with van der Waals surface area (Å²) in [7, 11) is -7.00. The van der Waals surface area contributed by atoms with Gasteiger partial charge in [0.15, 0.2) is 19.7 Å². The van der Waals surface area contributed by atoms with Gasteiger partial charge in [-0.25, -0.2) is 16.8 Å². The quantitative estimate of drug-likeness (QED) is 0.834. The van der Waals surface area contributed by atoms with Crippen molar-refractivity contribution in [1.29, 1.82) is 0 Å². The maximum Gasteiger partial charge on any atom is 0.183 e. The van der Waals surface area contributed by atoms with E-state index in [0.717, 1.165) is 12.0 Å². The summed E-state index contributed by atoms with van der Waals surface area (Å²) in [6.45, 7) is 6.66. The first-order valence-corrected chi connectivity index (χ1v) is 11.2. The second-order valence-electron chi connectivity index (χ2n) is 6.72. The first kappa shape index (κ1) is 18.4. The summed E-state index contributed by atoms with van der Waals surface area (Å²) in [4.78, 5) is 0.195. The Balaban J connectivity index is 2.24. The van der Waals surface area contributed by atoms with Crippen LogP contribution >= 0.6 is 0 Å². The SMILES string of the molecule is Cc1ccc(S(=O)(=O)[C@@H]2CS(=O)(=O)C[C@H]2NCCC(C)C)cc1. The van der Waals surface area contributed by atoms with Gasteiger partial charge >= 0.3 is 0 Å². The Morgan fingerprint density at radius 3 is 2.35 bits per heavy atom. The summed E-state index contributed by atoms with van der Waals surface area (Å²) in [6.07, 6.45) is 0.883. The van der Waals surface area contributed by atoms with Crippen LogP contribution in [0.15, 0.2) is 29.2 Å². The maximum atomic E-state index is 12.8. The highest BCUT2D eigenvalue weighted by Gasteiger charge is 2.45. The lowest BCUT2D eigenvalue weighted by molar-refractivity contribution is 0.483. The molecule has 0 unspecified atom stereocenters. The van der Waals surface area contributed by atoms with Crippen molar-refractivity contribution < 1.29 is 16.8 Å². The molecule has 2 rings (SSSR count). The molecule has 5 nitrogen and oxygen atoms in total. The molecular formula is C16H25NO4S2. The van der Waals surface area contributed by atoms with Gasteiger partial charge in [0.2, 0.25) is 0 Å². The Bertz CT molecular complexity index is 737. The largest absolute Gasteiger partial charge is 0.312 e. The average molecular weight is 360 g/mol. The van der Waals surface area contributed by atoms with Crippen molar-refractivity contribution in [3.05, 3.63) is 29.8 Å². The van der Waals surface area contributed by atoms with E-state index in [4.69, 9.17) is 0 Å². The fourth-order valence-electron chi connectivity index (χ4n) is 2.77. The lowest BCUT2D eigenvalue weighted by Gasteiger charge is -2.20. The predicted molar refractivity (Wildman–Crippen MR) is 92.1 cm³/mol. The molecule has 2 atom stereocenters. The highest BCUT2D eigenvalue weighted by Crippen LogP contribution is 2.26. The van der Waals surface area contributed by atoms with E-state index in [2.05, 4.69) is 19.2 Å². The van der Waals surface area contributed by atoms with Gasteiger partial charge in [-0.1, -0.05) is 31.5 Å². The van der Waals surface area contributed by atoms with Gasteiger partial charge in [-0.3, -0.25) is 0 Å². The topological polar surface area (TPSA) is 80.3 Å². The number of hydrogen-bond acceptors (Lipinski definition) is 5. The van der Waals surface area contributed by atoms with Gasteiger partial charge in [0, 0.05) is 6.04 Å². The average Bonchev–Trinajstić information content (AvgIpc) is 2.75. The van der Waals surface area contributed by atoms with Crippen molar-refractivity contribution in [3.8, 4) is 0 Å². The van der Waals surface area contributed by atoms with Crippen LogP contribution in [0.5, 0.6) is 0 Å². The van der Waals surface area contributed by atoms with Crippen LogP contribution in [0.3, 0.4) is 0 Å². The standard InChI is InChI=1S/C16H25NO4S2/c1-12(2)8-9-17-15-10-22(18,19)11-16(15)23(20,21)14-6-4-13(3)5-7-14/h4-7,12,15-17H,8-11H2,1-3H3/t15-,16-/m1/s1. The van der Waals surface area contributed by atoms with Gasteiger partial charge in [0.25, 0.3) is 0 Å². The molecule has 1 N–H and O–H groups in total. The summed E-state index contributed by atoms with van der Waals surface area (Å²) in [5.74, 6) is 0.0660. The molecule has 7 heteroatoms. The summed E-state index contributed by atoms with van der Waals surface area (Å²) >= 11 is 0. The van der Waals surface area contributed by atoms with E-state index >= 15 is 0 Å². The molecule has 0 aliphatic carbocycles. The number of hydrogen-bond donors (Lipinski definition) is 1. The third-order valence-electron chi connectivity index (χ3n) is 4.18. The van der Waals surface area contributed by atoms with E-state index in [1.54, 1.807) is 24.3 Å². The molecule has 1 saturated heterocycles. The van der Waals surface area contributed by atoms with Crippen molar-refractivity contribution in [1.82, 2.24) is 5.32 Å². The van der Waals surface area contributed by atoms with Gasteiger partial charge in [0.1, 0.15) is 0 Å². The van der Waals surface area contributed by atoms with Crippen LogP contribution in [0.1, 0.15) is 25.8 Å². The van der Waals surface area contributed by atoms with Crippen LogP contribution in [0.4, 0.5) is 0 Å². The highest BCUT2D eigenvalue weighted by molar-refractivity contribution is 7.96. The van der Waals surface area contributed by atoms with Crippen molar-refractivity contribution in [2.45, 2.75) is 43.4 Å². The van der Waals surface area contributed by atoms with Crippen LogP contribution in [-0.4, -0.2) is 46.2 Å².